The molecule has 4 N–H and O–H groups in total. The number of amides is 1. The Labute approximate surface area is 95.2 Å². The van der Waals surface area contributed by atoms with E-state index >= 15 is 0 Å². The lowest BCUT2D eigenvalue weighted by atomic mass is 9.99. The maximum Gasteiger partial charge on any atom is 0.224 e. The molecule has 1 aliphatic heterocycles. The van der Waals surface area contributed by atoms with E-state index in [2.05, 4.69) is 0 Å². The van der Waals surface area contributed by atoms with E-state index in [1.165, 1.54) is 0 Å². The summed E-state index contributed by atoms with van der Waals surface area (Å²) in [5.41, 5.74) is 14.7. The van der Waals surface area contributed by atoms with E-state index in [1.807, 2.05) is 25.1 Å². The average molecular weight is 219 g/mol. The molecule has 0 unspecified atom stereocenters. The third-order valence-corrected chi connectivity index (χ3v) is 3.27. The highest BCUT2D eigenvalue weighted by Crippen LogP contribution is 2.31. The Bertz CT molecular complexity index is 430. The highest BCUT2D eigenvalue weighted by molar-refractivity contribution is 5.80. The number of nitrogens with two attached hydrogens (primary N) is 2. The first-order valence-corrected chi connectivity index (χ1v) is 5.38. The molecule has 1 heterocycles. The first-order chi connectivity index (χ1) is 7.50. The number of nitrogen functional groups attached to an aromatic ring is 1. The van der Waals surface area contributed by atoms with Crippen LogP contribution in [0.3, 0.4) is 0 Å². The fraction of sp³-hybridized carbons (Fsp3) is 0.417. The normalized spacial score (nSPS) is 25.2. The molecule has 0 saturated carbocycles. The molecule has 1 aromatic carbocycles. The van der Waals surface area contributed by atoms with E-state index in [0.717, 1.165) is 16.8 Å². The van der Waals surface area contributed by atoms with Crippen molar-refractivity contribution in [2.45, 2.75) is 25.4 Å². The molecule has 0 aliphatic carbocycles. The Balaban J connectivity index is 2.37. The number of carbonyl (C=O) groups excluding carboxylic acids is 1. The van der Waals surface area contributed by atoms with Gasteiger partial charge in [0.2, 0.25) is 5.91 Å². The zero-order valence-corrected chi connectivity index (χ0v) is 9.60. The summed E-state index contributed by atoms with van der Waals surface area (Å²) in [7, 11) is 1.79. The Morgan fingerprint density at radius 2 is 2.12 bits per heavy atom. The number of benzene rings is 1. The molecule has 0 spiro atoms. The maximum atomic E-state index is 11.5. The van der Waals surface area contributed by atoms with Gasteiger partial charge in [-0.2, -0.15) is 0 Å². The standard InChI is InChI=1S/C12H17N3O/c1-7-3-4-8(5-9(7)13)12-10(14)6-11(16)15(12)2/h3-5,10,12H,6,13-14H2,1-2H3/t10-,12+/m1/s1. The second-order valence-electron chi connectivity index (χ2n) is 4.43. The van der Waals surface area contributed by atoms with Crippen LogP contribution < -0.4 is 11.5 Å². The molecule has 1 aromatic rings. The highest BCUT2D eigenvalue weighted by Gasteiger charge is 2.36. The van der Waals surface area contributed by atoms with Gasteiger partial charge in [0, 0.05) is 25.2 Å². The molecule has 4 nitrogen and oxygen atoms in total. The lowest BCUT2D eigenvalue weighted by Gasteiger charge is -2.23. The van der Waals surface area contributed by atoms with E-state index in [1.54, 1.807) is 11.9 Å². The topological polar surface area (TPSA) is 72.4 Å². The second-order valence-corrected chi connectivity index (χ2v) is 4.43. The zero-order valence-electron chi connectivity index (χ0n) is 9.60. The number of hydrogen-bond acceptors (Lipinski definition) is 3. The van der Waals surface area contributed by atoms with E-state index in [4.69, 9.17) is 11.5 Å². The van der Waals surface area contributed by atoms with Crippen LogP contribution in [0.25, 0.3) is 0 Å². The number of carbonyl (C=O) groups is 1. The van der Waals surface area contributed by atoms with Gasteiger partial charge in [0.05, 0.1) is 6.04 Å². The van der Waals surface area contributed by atoms with Crippen LogP contribution in [0.5, 0.6) is 0 Å². The fourth-order valence-electron chi connectivity index (χ4n) is 2.21. The van der Waals surface area contributed by atoms with Crippen LogP contribution in [0.1, 0.15) is 23.6 Å². The summed E-state index contributed by atoms with van der Waals surface area (Å²) >= 11 is 0. The lowest BCUT2D eigenvalue weighted by Crippen LogP contribution is -2.30. The Hall–Kier alpha value is -1.55. The van der Waals surface area contributed by atoms with Gasteiger partial charge in [-0.15, -0.1) is 0 Å². The number of rotatable bonds is 1. The van der Waals surface area contributed by atoms with E-state index in [9.17, 15) is 4.79 Å². The number of nitrogens with zero attached hydrogens (tertiary/aromatic N) is 1. The minimum absolute atomic E-state index is 0.0459. The summed E-state index contributed by atoms with van der Waals surface area (Å²) < 4.78 is 0. The molecular weight excluding hydrogens is 202 g/mol. The van der Waals surface area contributed by atoms with Crippen molar-refractivity contribution >= 4 is 11.6 Å². The van der Waals surface area contributed by atoms with Crippen molar-refractivity contribution in [3.63, 3.8) is 0 Å². The molecule has 0 bridgehead atoms. The van der Waals surface area contributed by atoms with Crippen molar-refractivity contribution in [2.24, 2.45) is 5.73 Å². The van der Waals surface area contributed by atoms with Crippen LogP contribution in [0.15, 0.2) is 18.2 Å². The summed E-state index contributed by atoms with van der Waals surface area (Å²) in [6.07, 6.45) is 0.412. The maximum absolute atomic E-state index is 11.5. The Morgan fingerprint density at radius 3 is 2.62 bits per heavy atom. The molecule has 0 radical (unpaired) electrons. The minimum atomic E-state index is -0.139. The second kappa shape index (κ2) is 3.79. The largest absolute Gasteiger partial charge is 0.399 e. The summed E-state index contributed by atoms with van der Waals surface area (Å²) in [5, 5.41) is 0. The quantitative estimate of drug-likeness (QED) is 0.686. The molecular formula is C12H17N3O. The highest BCUT2D eigenvalue weighted by atomic mass is 16.2. The summed E-state index contributed by atoms with van der Waals surface area (Å²) in [4.78, 5) is 13.2. The molecule has 0 aromatic heterocycles. The van der Waals surface area contributed by atoms with Gasteiger partial charge in [-0.3, -0.25) is 4.79 Å². The van der Waals surface area contributed by atoms with Crippen molar-refractivity contribution in [3.05, 3.63) is 29.3 Å². The number of likely N-dealkylation sites (tertiary alicyclic amines) is 1. The SMILES string of the molecule is Cc1ccc([C@H]2[C@H](N)CC(=O)N2C)cc1N. The third-order valence-electron chi connectivity index (χ3n) is 3.27. The van der Waals surface area contributed by atoms with Gasteiger partial charge >= 0.3 is 0 Å². The van der Waals surface area contributed by atoms with E-state index in [0.29, 0.717) is 6.42 Å². The monoisotopic (exact) mass is 219 g/mol. The van der Waals surface area contributed by atoms with Crippen molar-refractivity contribution in [2.75, 3.05) is 12.8 Å². The van der Waals surface area contributed by atoms with Crippen molar-refractivity contribution < 1.29 is 4.79 Å². The minimum Gasteiger partial charge on any atom is -0.399 e. The van der Waals surface area contributed by atoms with Crippen LogP contribution in [-0.2, 0) is 4.79 Å². The van der Waals surface area contributed by atoms with Gasteiger partial charge in [0.25, 0.3) is 0 Å². The summed E-state index contributed by atoms with van der Waals surface area (Å²) in [6, 6.07) is 5.68. The zero-order chi connectivity index (χ0) is 11.9. The van der Waals surface area contributed by atoms with E-state index < -0.39 is 0 Å². The first kappa shape index (κ1) is 11.0. The van der Waals surface area contributed by atoms with Crippen LogP contribution in [0.2, 0.25) is 0 Å². The molecule has 2 rings (SSSR count). The Morgan fingerprint density at radius 1 is 1.44 bits per heavy atom. The van der Waals surface area contributed by atoms with Gasteiger partial charge < -0.3 is 16.4 Å². The third kappa shape index (κ3) is 1.65. The number of likely N-dealkylation sites (N-methyl/N-ethyl adjacent to an activating group) is 1. The molecule has 1 amide bonds. The first-order valence-electron chi connectivity index (χ1n) is 5.38. The van der Waals surface area contributed by atoms with Gasteiger partial charge in [-0.1, -0.05) is 12.1 Å². The molecule has 1 fully saturated rings. The van der Waals surface area contributed by atoms with Crippen LogP contribution >= 0.6 is 0 Å². The molecule has 4 heteroatoms. The fourth-order valence-corrected chi connectivity index (χ4v) is 2.21. The lowest BCUT2D eigenvalue weighted by molar-refractivity contribution is -0.127. The number of anilines is 1. The molecule has 1 saturated heterocycles. The molecule has 1 aliphatic rings. The predicted octanol–water partition coefficient (Wildman–Crippen LogP) is 0.808. The van der Waals surface area contributed by atoms with Gasteiger partial charge in [0.15, 0.2) is 0 Å². The van der Waals surface area contributed by atoms with E-state index in [-0.39, 0.29) is 18.0 Å². The molecule has 86 valence electrons. The van der Waals surface area contributed by atoms with Gasteiger partial charge in [0.1, 0.15) is 0 Å². The van der Waals surface area contributed by atoms with Crippen LogP contribution in [0, 0.1) is 6.92 Å². The molecule has 2 atom stereocenters. The molecule has 16 heavy (non-hydrogen) atoms. The Kier molecular flexibility index (Phi) is 2.59. The van der Waals surface area contributed by atoms with Gasteiger partial charge in [-0.25, -0.2) is 0 Å². The average Bonchev–Trinajstić information content (AvgIpc) is 2.47. The number of aryl methyl sites for hydroxylation is 1. The summed E-state index contributed by atoms with van der Waals surface area (Å²) in [5.74, 6) is 0.0941. The summed E-state index contributed by atoms with van der Waals surface area (Å²) in [6.45, 7) is 1.96. The van der Waals surface area contributed by atoms with Crippen LogP contribution in [0.4, 0.5) is 5.69 Å². The van der Waals surface area contributed by atoms with Crippen molar-refractivity contribution in [1.29, 1.82) is 0 Å². The van der Waals surface area contributed by atoms with Crippen molar-refractivity contribution in [3.8, 4) is 0 Å². The van der Waals surface area contributed by atoms with Gasteiger partial charge in [-0.05, 0) is 24.1 Å². The smallest absolute Gasteiger partial charge is 0.224 e. The number of hydrogen-bond donors (Lipinski definition) is 2. The van der Waals surface area contributed by atoms with Crippen molar-refractivity contribution in [1.82, 2.24) is 4.90 Å². The van der Waals surface area contributed by atoms with Crippen LogP contribution in [-0.4, -0.2) is 23.9 Å². The predicted molar refractivity (Wildman–Crippen MR) is 63.7 cm³/mol.